The van der Waals surface area contributed by atoms with Gasteiger partial charge >= 0.3 is 0 Å². The van der Waals surface area contributed by atoms with E-state index >= 15 is 0 Å². The lowest BCUT2D eigenvalue weighted by atomic mass is 10.2. The third-order valence-electron chi connectivity index (χ3n) is 4.13. The summed E-state index contributed by atoms with van der Waals surface area (Å²) >= 11 is 0. The Kier molecular flexibility index (Phi) is 4.25. The topological polar surface area (TPSA) is 68.5 Å². The van der Waals surface area contributed by atoms with Gasteiger partial charge in [-0.2, -0.15) is 0 Å². The first-order valence-corrected chi connectivity index (χ1v) is 8.21. The van der Waals surface area contributed by atoms with Crippen molar-refractivity contribution >= 4 is 17.2 Å². The number of carbonyl (C=O) groups excluding carboxylic acids is 1. The number of halogens is 1. The number of ether oxygens (including phenoxy) is 1. The maximum absolute atomic E-state index is 13.0. The monoisotopic (exact) mass is 362 g/mol. The minimum absolute atomic E-state index is 0.355. The van der Waals surface area contributed by atoms with E-state index in [2.05, 4.69) is 15.5 Å². The highest BCUT2D eigenvalue weighted by molar-refractivity contribution is 6.08. The molecule has 0 spiro atoms. The van der Waals surface area contributed by atoms with Crippen molar-refractivity contribution in [3.05, 3.63) is 78.2 Å². The first-order chi connectivity index (χ1) is 13.2. The quantitative estimate of drug-likeness (QED) is 0.600. The van der Waals surface area contributed by atoms with Gasteiger partial charge in [0.25, 0.3) is 5.91 Å². The van der Waals surface area contributed by atoms with Gasteiger partial charge in [-0.1, -0.05) is 12.1 Å². The Labute approximate surface area is 154 Å². The molecule has 6 nitrogen and oxygen atoms in total. The van der Waals surface area contributed by atoms with Gasteiger partial charge in [0.1, 0.15) is 11.6 Å². The summed E-state index contributed by atoms with van der Waals surface area (Å²) in [6, 6.07) is 16.4. The van der Waals surface area contributed by atoms with Crippen molar-refractivity contribution < 1.29 is 13.9 Å². The van der Waals surface area contributed by atoms with E-state index in [1.807, 2.05) is 24.3 Å². The molecule has 0 aliphatic rings. The minimum atomic E-state index is -0.367. The van der Waals surface area contributed by atoms with Crippen LogP contribution in [0.3, 0.4) is 0 Å². The van der Waals surface area contributed by atoms with Gasteiger partial charge in [-0.05, 0) is 48.5 Å². The van der Waals surface area contributed by atoms with E-state index in [9.17, 15) is 9.18 Å². The Morgan fingerprint density at radius 1 is 1.04 bits per heavy atom. The second-order valence-corrected chi connectivity index (χ2v) is 5.80. The molecule has 0 atom stereocenters. The Bertz CT molecular complexity index is 1120. The standard InChI is InChI=1S/C20H15FN4O2/c1-27-17-7-3-2-5-15(17)18-23-24-19-16(6-4-12-25(18)19)20(26)22-14-10-8-13(21)9-11-14/h2-12H,1H3,(H,22,26). The van der Waals surface area contributed by atoms with E-state index in [0.717, 1.165) is 5.56 Å². The number of pyridine rings is 1. The van der Waals surface area contributed by atoms with Crippen molar-refractivity contribution in [3.8, 4) is 17.1 Å². The van der Waals surface area contributed by atoms with Crippen molar-refractivity contribution in [2.24, 2.45) is 0 Å². The predicted molar refractivity (Wildman–Crippen MR) is 99.3 cm³/mol. The largest absolute Gasteiger partial charge is 0.496 e. The summed E-state index contributed by atoms with van der Waals surface area (Å²) < 4.78 is 20.2. The van der Waals surface area contributed by atoms with Gasteiger partial charge in [-0.25, -0.2) is 4.39 Å². The number of aromatic nitrogens is 3. The van der Waals surface area contributed by atoms with Gasteiger partial charge in [-0.3, -0.25) is 9.20 Å². The highest BCUT2D eigenvalue weighted by atomic mass is 19.1. The average Bonchev–Trinajstić information content (AvgIpc) is 3.13. The molecule has 27 heavy (non-hydrogen) atoms. The number of fused-ring (bicyclic) bond motifs is 1. The minimum Gasteiger partial charge on any atom is -0.496 e. The Hall–Kier alpha value is -3.74. The zero-order chi connectivity index (χ0) is 18.8. The highest BCUT2D eigenvalue weighted by Gasteiger charge is 2.18. The van der Waals surface area contributed by atoms with Crippen LogP contribution in [0, 0.1) is 5.82 Å². The number of rotatable bonds is 4. The fourth-order valence-corrected chi connectivity index (χ4v) is 2.84. The van der Waals surface area contributed by atoms with Crippen LogP contribution in [0.1, 0.15) is 10.4 Å². The molecule has 2 aromatic carbocycles. The first kappa shape index (κ1) is 16.7. The number of hydrogen-bond donors (Lipinski definition) is 1. The van der Waals surface area contributed by atoms with Gasteiger partial charge in [0.2, 0.25) is 0 Å². The van der Waals surface area contributed by atoms with Crippen LogP contribution in [0.2, 0.25) is 0 Å². The zero-order valence-corrected chi connectivity index (χ0v) is 14.4. The maximum atomic E-state index is 13.0. The summed E-state index contributed by atoms with van der Waals surface area (Å²) in [7, 11) is 1.59. The summed E-state index contributed by atoms with van der Waals surface area (Å²) in [4.78, 5) is 12.7. The molecule has 134 valence electrons. The van der Waals surface area contributed by atoms with Crippen molar-refractivity contribution in [2.75, 3.05) is 12.4 Å². The number of methoxy groups -OCH3 is 1. The molecule has 0 unspecified atom stereocenters. The van der Waals surface area contributed by atoms with Crippen LogP contribution in [0.5, 0.6) is 5.75 Å². The second-order valence-electron chi connectivity index (χ2n) is 5.80. The molecule has 2 aromatic heterocycles. The first-order valence-electron chi connectivity index (χ1n) is 8.21. The van der Waals surface area contributed by atoms with Gasteiger partial charge in [0, 0.05) is 11.9 Å². The molecule has 0 saturated heterocycles. The molecule has 0 aliphatic carbocycles. The van der Waals surface area contributed by atoms with Gasteiger partial charge < -0.3 is 10.1 Å². The Morgan fingerprint density at radius 3 is 2.59 bits per heavy atom. The van der Waals surface area contributed by atoms with Crippen LogP contribution >= 0.6 is 0 Å². The van der Waals surface area contributed by atoms with Crippen molar-refractivity contribution in [1.82, 2.24) is 14.6 Å². The van der Waals surface area contributed by atoms with Crippen LogP contribution in [-0.4, -0.2) is 27.6 Å². The highest BCUT2D eigenvalue weighted by Crippen LogP contribution is 2.29. The van der Waals surface area contributed by atoms with Gasteiger partial charge in [-0.15, -0.1) is 10.2 Å². The smallest absolute Gasteiger partial charge is 0.259 e. The normalized spacial score (nSPS) is 10.7. The molecule has 2 heterocycles. The molecule has 4 aromatic rings. The number of nitrogens with zero attached hydrogens (tertiary/aromatic N) is 3. The van der Waals surface area contributed by atoms with Crippen molar-refractivity contribution in [1.29, 1.82) is 0 Å². The van der Waals surface area contributed by atoms with Crippen LogP contribution in [-0.2, 0) is 0 Å². The van der Waals surface area contributed by atoms with E-state index in [4.69, 9.17) is 4.74 Å². The second kappa shape index (κ2) is 6.87. The molecule has 0 aliphatic heterocycles. The van der Waals surface area contributed by atoms with Crippen LogP contribution < -0.4 is 10.1 Å². The lowest BCUT2D eigenvalue weighted by Crippen LogP contribution is -2.13. The summed E-state index contributed by atoms with van der Waals surface area (Å²) in [5.74, 6) is 0.507. The summed E-state index contributed by atoms with van der Waals surface area (Å²) in [5, 5.41) is 11.2. The van der Waals surface area contributed by atoms with E-state index in [1.54, 1.807) is 29.8 Å². The van der Waals surface area contributed by atoms with Crippen LogP contribution in [0.25, 0.3) is 17.0 Å². The molecule has 7 heteroatoms. The number of carbonyl (C=O) groups is 1. The number of para-hydroxylation sites is 1. The third kappa shape index (κ3) is 3.10. The lowest BCUT2D eigenvalue weighted by Gasteiger charge is -2.08. The number of amides is 1. The number of benzene rings is 2. The fourth-order valence-electron chi connectivity index (χ4n) is 2.84. The molecule has 0 bridgehead atoms. The number of nitrogens with one attached hydrogen (secondary N) is 1. The fraction of sp³-hybridized carbons (Fsp3) is 0.0500. The summed E-state index contributed by atoms with van der Waals surface area (Å²) in [5.41, 5.74) is 2.03. The van der Waals surface area contributed by atoms with Crippen molar-refractivity contribution in [2.45, 2.75) is 0 Å². The van der Waals surface area contributed by atoms with Crippen molar-refractivity contribution in [3.63, 3.8) is 0 Å². The number of anilines is 1. The van der Waals surface area contributed by atoms with Crippen LogP contribution in [0.4, 0.5) is 10.1 Å². The van der Waals surface area contributed by atoms with E-state index in [-0.39, 0.29) is 11.7 Å². The molecule has 0 fully saturated rings. The Morgan fingerprint density at radius 2 is 1.81 bits per heavy atom. The SMILES string of the molecule is COc1ccccc1-c1nnc2c(C(=O)Nc3ccc(F)cc3)cccn12. The lowest BCUT2D eigenvalue weighted by molar-refractivity contribution is 0.102. The molecular formula is C20H15FN4O2. The number of hydrogen-bond acceptors (Lipinski definition) is 4. The predicted octanol–water partition coefficient (Wildman–Crippen LogP) is 3.80. The molecule has 1 N–H and O–H groups in total. The Balaban J connectivity index is 1.74. The van der Waals surface area contributed by atoms with Gasteiger partial charge in [0.15, 0.2) is 11.5 Å². The maximum Gasteiger partial charge on any atom is 0.259 e. The van der Waals surface area contributed by atoms with E-state index < -0.39 is 0 Å². The molecule has 0 radical (unpaired) electrons. The zero-order valence-electron chi connectivity index (χ0n) is 14.4. The molecule has 4 rings (SSSR count). The summed E-state index contributed by atoms with van der Waals surface area (Å²) in [6.45, 7) is 0. The molecular weight excluding hydrogens is 347 g/mol. The van der Waals surface area contributed by atoms with Gasteiger partial charge in [0.05, 0.1) is 18.2 Å². The van der Waals surface area contributed by atoms with Crippen LogP contribution in [0.15, 0.2) is 66.9 Å². The van der Waals surface area contributed by atoms with E-state index in [1.165, 1.54) is 24.3 Å². The molecule has 0 saturated carbocycles. The molecule has 1 amide bonds. The van der Waals surface area contributed by atoms with E-state index in [0.29, 0.717) is 28.5 Å². The summed E-state index contributed by atoms with van der Waals surface area (Å²) in [6.07, 6.45) is 1.78. The average molecular weight is 362 g/mol. The third-order valence-corrected chi connectivity index (χ3v) is 4.13.